The first-order valence-corrected chi connectivity index (χ1v) is 10.7. The molecule has 0 bridgehead atoms. The zero-order chi connectivity index (χ0) is 22.3. The number of nitrogens with zero attached hydrogens (tertiary/aromatic N) is 3. The topological polar surface area (TPSA) is 78.7 Å². The molecule has 1 aromatic heterocycles. The summed E-state index contributed by atoms with van der Waals surface area (Å²) in [5, 5.41) is 2.78. The van der Waals surface area contributed by atoms with E-state index in [1.165, 1.54) is 0 Å². The largest absolute Gasteiger partial charge is 0.436 e. The summed E-state index contributed by atoms with van der Waals surface area (Å²) in [4.78, 5) is 33.5. The van der Waals surface area contributed by atoms with Gasteiger partial charge in [-0.25, -0.2) is 4.98 Å². The van der Waals surface area contributed by atoms with Crippen molar-refractivity contribution in [3.8, 4) is 22.8 Å². The van der Waals surface area contributed by atoms with Crippen molar-refractivity contribution in [2.24, 2.45) is 0 Å². The molecule has 164 valence electrons. The molecule has 7 heteroatoms. The molecule has 0 saturated carbocycles. The van der Waals surface area contributed by atoms with Gasteiger partial charge in [0.1, 0.15) is 0 Å². The number of amides is 2. The van der Waals surface area contributed by atoms with Gasteiger partial charge in [-0.15, -0.1) is 6.58 Å². The summed E-state index contributed by atoms with van der Waals surface area (Å²) in [6, 6.07) is 17.1. The smallest absolute Gasteiger partial charge is 0.254 e. The zero-order valence-corrected chi connectivity index (χ0v) is 17.9. The van der Waals surface area contributed by atoms with Crippen LogP contribution in [0, 0.1) is 0 Å². The maximum atomic E-state index is 13.3. The minimum absolute atomic E-state index is 0.0341. The molecule has 1 fully saturated rings. The third-order valence-corrected chi connectivity index (χ3v) is 5.42. The fraction of sp³-hybridized carbons (Fsp3) is 0.240. The number of carbonyl (C=O) groups is 2. The average molecular weight is 431 g/mol. The fourth-order valence-corrected chi connectivity index (χ4v) is 3.72. The lowest BCUT2D eigenvalue weighted by Crippen LogP contribution is -2.51. The van der Waals surface area contributed by atoms with Crippen LogP contribution >= 0.6 is 0 Å². The van der Waals surface area contributed by atoms with Gasteiger partial charge in [0.15, 0.2) is 5.76 Å². The average Bonchev–Trinajstić information content (AvgIpc) is 3.34. The van der Waals surface area contributed by atoms with Gasteiger partial charge in [0.25, 0.3) is 5.91 Å². The molecule has 0 unspecified atom stereocenters. The van der Waals surface area contributed by atoms with Gasteiger partial charge in [0.2, 0.25) is 11.8 Å². The second-order valence-corrected chi connectivity index (χ2v) is 7.60. The van der Waals surface area contributed by atoms with Crippen molar-refractivity contribution in [3.63, 3.8) is 0 Å². The summed E-state index contributed by atoms with van der Waals surface area (Å²) < 4.78 is 5.99. The van der Waals surface area contributed by atoms with Crippen LogP contribution in [0.3, 0.4) is 0 Å². The number of benzene rings is 2. The van der Waals surface area contributed by atoms with E-state index in [0.717, 1.165) is 5.56 Å². The molecule has 2 aromatic carbocycles. The number of aromatic nitrogens is 1. The first-order valence-electron chi connectivity index (χ1n) is 10.7. The summed E-state index contributed by atoms with van der Waals surface area (Å²) in [6.45, 7) is 6.79. The van der Waals surface area contributed by atoms with Crippen molar-refractivity contribution in [2.75, 3.05) is 39.3 Å². The van der Waals surface area contributed by atoms with Gasteiger partial charge < -0.3 is 14.6 Å². The molecule has 3 aromatic rings. The molecule has 0 radical (unpaired) electrons. The summed E-state index contributed by atoms with van der Waals surface area (Å²) >= 11 is 0. The van der Waals surface area contributed by atoms with Gasteiger partial charge in [-0.3, -0.25) is 14.5 Å². The van der Waals surface area contributed by atoms with Gasteiger partial charge in [-0.2, -0.15) is 0 Å². The van der Waals surface area contributed by atoms with Crippen LogP contribution in [0.1, 0.15) is 10.4 Å². The standard InChI is InChI=1S/C25H26N4O3/c1-2-12-26-23(30)18-28-13-15-29(16-14-28)25(31)21-11-7-6-10-20(21)24-27-17-22(32-24)19-8-4-3-5-9-19/h2-11,17H,1,12-16,18H2,(H,26,30). The number of rotatable bonds is 7. The molecule has 0 spiro atoms. The van der Waals surface area contributed by atoms with Crippen molar-refractivity contribution in [1.82, 2.24) is 20.1 Å². The SMILES string of the molecule is C=CCNC(=O)CN1CCN(C(=O)c2ccccc2-c2ncc(-c3ccccc3)o2)CC1. The molecular weight excluding hydrogens is 404 g/mol. The highest BCUT2D eigenvalue weighted by Gasteiger charge is 2.26. The minimum atomic E-state index is -0.0594. The van der Waals surface area contributed by atoms with Crippen LogP contribution in [0.15, 0.2) is 77.9 Å². The van der Waals surface area contributed by atoms with Gasteiger partial charge in [-0.1, -0.05) is 48.5 Å². The van der Waals surface area contributed by atoms with Gasteiger partial charge >= 0.3 is 0 Å². The quantitative estimate of drug-likeness (QED) is 0.583. The maximum absolute atomic E-state index is 13.3. The van der Waals surface area contributed by atoms with E-state index in [4.69, 9.17) is 4.42 Å². The highest BCUT2D eigenvalue weighted by Crippen LogP contribution is 2.29. The monoisotopic (exact) mass is 430 g/mol. The Balaban J connectivity index is 1.44. The van der Waals surface area contributed by atoms with E-state index < -0.39 is 0 Å². The minimum Gasteiger partial charge on any atom is -0.436 e. The molecule has 1 aliphatic rings. The Morgan fingerprint density at radius 2 is 1.75 bits per heavy atom. The number of hydrogen-bond acceptors (Lipinski definition) is 5. The van der Waals surface area contributed by atoms with Crippen LogP contribution in [0.4, 0.5) is 0 Å². The van der Waals surface area contributed by atoms with Gasteiger partial charge in [-0.05, 0) is 12.1 Å². The van der Waals surface area contributed by atoms with Crippen LogP contribution in [-0.2, 0) is 4.79 Å². The van der Waals surface area contributed by atoms with E-state index in [0.29, 0.717) is 62.0 Å². The van der Waals surface area contributed by atoms with Crippen molar-refractivity contribution in [1.29, 1.82) is 0 Å². The number of oxazole rings is 1. The lowest BCUT2D eigenvalue weighted by Gasteiger charge is -2.34. The summed E-state index contributed by atoms with van der Waals surface area (Å²) in [7, 11) is 0. The molecule has 4 rings (SSSR count). The Hall–Kier alpha value is -3.71. The van der Waals surface area contributed by atoms with Crippen LogP contribution in [0.25, 0.3) is 22.8 Å². The van der Waals surface area contributed by atoms with Gasteiger partial charge in [0.05, 0.1) is 18.3 Å². The Bertz CT molecular complexity index is 1090. The predicted octanol–water partition coefficient (Wildman–Crippen LogP) is 3.07. The second-order valence-electron chi connectivity index (χ2n) is 7.60. The van der Waals surface area contributed by atoms with E-state index >= 15 is 0 Å². The van der Waals surface area contributed by atoms with Crippen molar-refractivity contribution in [3.05, 3.63) is 79.0 Å². The van der Waals surface area contributed by atoms with E-state index in [2.05, 4.69) is 16.9 Å². The Morgan fingerprint density at radius 3 is 2.50 bits per heavy atom. The van der Waals surface area contributed by atoms with E-state index in [9.17, 15) is 9.59 Å². The molecule has 32 heavy (non-hydrogen) atoms. The molecule has 1 N–H and O–H groups in total. The van der Waals surface area contributed by atoms with Crippen LogP contribution < -0.4 is 5.32 Å². The van der Waals surface area contributed by atoms with Crippen molar-refractivity contribution in [2.45, 2.75) is 0 Å². The molecule has 2 amide bonds. The van der Waals surface area contributed by atoms with Crippen molar-refractivity contribution < 1.29 is 14.0 Å². The molecule has 1 aliphatic heterocycles. The maximum Gasteiger partial charge on any atom is 0.254 e. The second kappa shape index (κ2) is 10.1. The van der Waals surface area contributed by atoms with Gasteiger partial charge in [0, 0.05) is 43.9 Å². The molecule has 1 saturated heterocycles. The number of nitrogens with one attached hydrogen (secondary N) is 1. The molecule has 7 nitrogen and oxygen atoms in total. The summed E-state index contributed by atoms with van der Waals surface area (Å²) in [6.07, 6.45) is 3.34. The fourth-order valence-electron chi connectivity index (χ4n) is 3.72. The van der Waals surface area contributed by atoms with E-state index in [1.54, 1.807) is 18.3 Å². The normalized spacial score (nSPS) is 14.2. The predicted molar refractivity (Wildman–Crippen MR) is 123 cm³/mol. The third kappa shape index (κ3) is 4.95. The Kier molecular flexibility index (Phi) is 6.77. The Labute approximate surface area is 187 Å². The molecule has 0 atom stereocenters. The van der Waals surface area contributed by atoms with Crippen LogP contribution in [0.2, 0.25) is 0 Å². The summed E-state index contributed by atoms with van der Waals surface area (Å²) in [5.41, 5.74) is 2.17. The van der Waals surface area contributed by atoms with E-state index in [1.807, 2.05) is 58.3 Å². The molecule has 0 aliphatic carbocycles. The Morgan fingerprint density at radius 1 is 1.03 bits per heavy atom. The van der Waals surface area contributed by atoms with E-state index in [-0.39, 0.29) is 11.8 Å². The van der Waals surface area contributed by atoms with Crippen LogP contribution in [-0.4, -0.2) is 65.9 Å². The zero-order valence-electron chi connectivity index (χ0n) is 17.9. The molecular formula is C25H26N4O3. The van der Waals surface area contributed by atoms with Crippen molar-refractivity contribution >= 4 is 11.8 Å². The summed E-state index contributed by atoms with van der Waals surface area (Å²) in [5.74, 6) is 0.987. The first kappa shape index (κ1) is 21.5. The highest BCUT2D eigenvalue weighted by molar-refractivity contribution is 6.00. The molecule has 2 heterocycles. The lowest BCUT2D eigenvalue weighted by atomic mass is 10.1. The number of hydrogen-bond donors (Lipinski definition) is 1. The number of piperazine rings is 1. The lowest BCUT2D eigenvalue weighted by molar-refractivity contribution is -0.122. The first-order chi connectivity index (χ1) is 15.7. The number of carbonyl (C=O) groups excluding carboxylic acids is 2. The third-order valence-electron chi connectivity index (χ3n) is 5.42. The van der Waals surface area contributed by atoms with Crippen LogP contribution in [0.5, 0.6) is 0 Å². The highest BCUT2D eigenvalue weighted by atomic mass is 16.4.